The molecule has 0 aromatic carbocycles. The first kappa shape index (κ1) is 33.3. The molecule has 2 amide bonds. The lowest BCUT2D eigenvalue weighted by Gasteiger charge is -2.21. The van der Waals surface area contributed by atoms with E-state index in [0.29, 0.717) is 12.0 Å². The Kier molecular flexibility index (Phi) is 13.4. The van der Waals surface area contributed by atoms with Crippen LogP contribution in [-0.4, -0.2) is 47.0 Å². The van der Waals surface area contributed by atoms with Gasteiger partial charge in [0.05, 0.1) is 12.1 Å². The summed E-state index contributed by atoms with van der Waals surface area (Å²) in [5, 5.41) is 5.28. The Bertz CT molecular complexity index is 810. The monoisotopic (exact) mass is 480 g/mol. The number of nitrogens with one attached hydrogen (secondary N) is 2. The molecule has 8 heteroatoms. The number of ether oxygens (including phenoxy) is 2. The number of carbonyl (C=O) groups is 4. The number of hydrogen-bond acceptors (Lipinski definition) is 6. The minimum absolute atomic E-state index is 0. The van der Waals surface area contributed by atoms with Crippen LogP contribution < -0.4 is 10.6 Å². The maximum atomic E-state index is 11.6. The molecule has 2 rings (SSSR count). The second-order valence-corrected chi connectivity index (χ2v) is 10.00. The van der Waals surface area contributed by atoms with E-state index >= 15 is 0 Å². The molecular weight excluding hydrogens is 436 g/mol. The topological polar surface area (TPSA) is 111 Å². The zero-order valence-corrected chi connectivity index (χ0v) is 20.3. The molecule has 194 valence electrons. The molecule has 0 aromatic rings. The average molecular weight is 481 g/mol. The highest BCUT2D eigenvalue weighted by Crippen LogP contribution is 2.18. The minimum Gasteiger partial charge on any atom is -0.444 e. The molecule has 2 aliphatic carbocycles. The van der Waals surface area contributed by atoms with E-state index in [9.17, 15) is 19.2 Å². The molecule has 0 bridgehead atoms. The van der Waals surface area contributed by atoms with Crippen LogP contribution in [0.25, 0.3) is 0 Å². The molecule has 8 nitrogen and oxygen atoms in total. The van der Waals surface area contributed by atoms with E-state index < -0.39 is 23.4 Å². The Balaban J connectivity index is 0. The van der Waals surface area contributed by atoms with Gasteiger partial charge in [-0.2, -0.15) is 0 Å². The van der Waals surface area contributed by atoms with Gasteiger partial charge in [0.2, 0.25) is 0 Å². The first-order chi connectivity index (χ1) is 14.6. The summed E-state index contributed by atoms with van der Waals surface area (Å²) in [7, 11) is 0. The van der Waals surface area contributed by atoms with Crippen molar-refractivity contribution in [1.29, 1.82) is 0 Å². The predicted molar refractivity (Wildman–Crippen MR) is 136 cm³/mol. The summed E-state index contributed by atoms with van der Waals surface area (Å²) in [6.07, 6.45) is 7.51. The molecule has 0 aliphatic heterocycles. The van der Waals surface area contributed by atoms with Crippen molar-refractivity contribution in [2.24, 2.45) is 5.92 Å². The molecular formula is C26H44N2O6. The van der Waals surface area contributed by atoms with Gasteiger partial charge in [-0.15, -0.1) is 0 Å². The first-order valence-electron chi connectivity index (χ1n) is 10.7. The molecule has 2 N–H and O–H groups in total. The van der Waals surface area contributed by atoms with Crippen molar-refractivity contribution in [3.05, 3.63) is 36.0 Å². The van der Waals surface area contributed by atoms with E-state index in [0.717, 1.165) is 0 Å². The zero-order chi connectivity index (χ0) is 24.7. The number of carbonyl (C=O) groups excluding carboxylic acids is 4. The molecule has 34 heavy (non-hydrogen) atoms. The maximum absolute atomic E-state index is 11.6. The summed E-state index contributed by atoms with van der Waals surface area (Å²) in [6, 6.07) is -0.591. The van der Waals surface area contributed by atoms with Crippen LogP contribution in [0.2, 0.25) is 0 Å². The summed E-state index contributed by atoms with van der Waals surface area (Å²) in [4.78, 5) is 45.4. The van der Waals surface area contributed by atoms with E-state index in [4.69, 9.17) is 9.47 Å². The van der Waals surface area contributed by atoms with E-state index in [2.05, 4.69) is 10.6 Å². The normalized spacial score (nSPS) is 20.2. The van der Waals surface area contributed by atoms with Crippen molar-refractivity contribution >= 4 is 23.8 Å². The third-order valence-corrected chi connectivity index (χ3v) is 3.88. The summed E-state index contributed by atoms with van der Waals surface area (Å²) < 4.78 is 10.2. The highest BCUT2D eigenvalue weighted by Gasteiger charge is 2.27. The molecule has 2 aliphatic rings. The van der Waals surface area contributed by atoms with Gasteiger partial charge >= 0.3 is 12.2 Å². The number of ketones is 2. The van der Waals surface area contributed by atoms with Crippen LogP contribution >= 0.6 is 0 Å². The van der Waals surface area contributed by atoms with Crippen molar-refractivity contribution in [1.82, 2.24) is 10.6 Å². The number of rotatable bonds is 3. The van der Waals surface area contributed by atoms with Crippen LogP contribution in [0.5, 0.6) is 0 Å². The van der Waals surface area contributed by atoms with E-state index in [1.165, 1.54) is 12.2 Å². The van der Waals surface area contributed by atoms with Crippen LogP contribution in [0.1, 0.15) is 76.7 Å². The summed E-state index contributed by atoms with van der Waals surface area (Å²) in [5.41, 5.74) is -0.440. The molecule has 0 spiro atoms. The lowest BCUT2D eigenvalue weighted by molar-refractivity contribution is -0.114. The Hall–Kier alpha value is -2.90. The quantitative estimate of drug-likeness (QED) is 0.532. The number of amides is 2. The molecule has 0 saturated heterocycles. The van der Waals surface area contributed by atoms with Crippen molar-refractivity contribution in [3.63, 3.8) is 0 Å². The fraction of sp³-hybridized carbons (Fsp3) is 0.615. The highest BCUT2D eigenvalue weighted by molar-refractivity contribution is 6.08. The predicted octanol–water partition coefficient (Wildman–Crippen LogP) is 5.28. The van der Waals surface area contributed by atoms with E-state index in [1.807, 2.05) is 19.9 Å². The third kappa shape index (κ3) is 13.6. The highest BCUT2D eigenvalue weighted by atomic mass is 16.6. The van der Waals surface area contributed by atoms with Gasteiger partial charge in [-0.05, 0) is 59.6 Å². The zero-order valence-electron chi connectivity index (χ0n) is 20.3. The summed E-state index contributed by atoms with van der Waals surface area (Å²) in [5.74, 6) is 0.239. The van der Waals surface area contributed by atoms with Crippen molar-refractivity contribution in [3.8, 4) is 0 Å². The largest absolute Gasteiger partial charge is 0.444 e. The van der Waals surface area contributed by atoms with Crippen LogP contribution in [-0.2, 0) is 19.1 Å². The number of allylic oxidation sites excluding steroid dienone is 3. The maximum Gasteiger partial charge on any atom is 0.408 e. The van der Waals surface area contributed by atoms with Gasteiger partial charge in [-0.1, -0.05) is 46.9 Å². The second kappa shape index (κ2) is 13.7. The van der Waals surface area contributed by atoms with Crippen LogP contribution in [0.15, 0.2) is 36.0 Å². The van der Waals surface area contributed by atoms with Gasteiger partial charge in [0.25, 0.3) is 0 Å². The Morgan fingerprint density at radius 3 is 1.82 bits per heavy atom. The van der Waals surface area contributed by atoms with Gasteiger partial charge in [0, 0.05) is 12.0 Å². The Labute approximate surface area is 205 Å². The van der Waals surface area contributed by atoms with Crippen LogP contribution in [0.3, 0.4) is 0 Å². The van der Waals surface area contributed by atoms with Gasteiger partial charge in [0.15, 0.2) is 11.6 Å². The molecule has 0 heterocycles. The average Bonchev–Trinajstić information content (AvgIpc) is 3.11. The fourth-order valence-electron chi connectivity index (χ4n) is 2.78. The van der Waals surface area contributed by atoms with Crippen LogP contribution in [0, 0.1) is 5.92 Å². The van der Waals surface area contributed by atoms with E-state index in [-0.39, 0.29) is 44.4 Å². The van der Waals surface area contributed by atoms with Gasteiger partial charge < -0.3 is 20.1 Å². The fourth-order valence-corrected chi connectivity index (χ4v) is 2.78. The Morgan fingerprint density at radius 1 is 0.912 bits per heavy atom. The second-order valence-electron chi connectivity index (χ2n) is 10.00. The summed E-state index contributed by atoms with van der Waals surface area (Å²) >= 11 is 0. The molecule has 0 aromatic heterocycles. The lowest BCUT2D eigenvalue weighted by atomic mass is 10.0. The number of hydrogen-bond donors (Lipinski definition) is 2. The van der Waals surface area contributed by atoms with Crippen molar-refractivity contribution in [2.45, 2.75) is 99.9 Å². The smallest absolute Gasteiger partial charge is 0.408 e. The standard InChI is InChI=1S/C14H21NO3.C10H15NO3.2CH4/c1-9(2)8-10-11(6-7-12(10)16)15-13(17)18-14(3,4)5;1-10(2,3)14-9(13)11-7-4-5-8(12)6-7;;/h6-9,11H,1-5H3,(H,15,17);4-5,7H,6H2,1-3H3,(H,11,13);2*1H4/b10-8+;;;/t11-;7-;;/m11../s1. The van der Waals surface area contributed by atoms with Gasteiger partial charge in [0.1, 0.15) is 11.2 Å². The van der Waals surface area contributed by atoms with Crippen LogP contribution in [0.4, 0.5) is 9.59 Å². The minimum atomic E-state index is -0.543. The summed E-state index contributed by atoms with van der Waals surface area (Å²) in [6.45, 7) is 14.8. The molecule has 0 saturated carbocycles. The third-order valence-electron chi connectivity index (χ3n) is 3.88. The molecule has 0 radical (unpaired) electrons. The first-order valence-corrected chi connectivity index (χ1v) is 10.7. The molecule has 0 fully saturated rings. The molecule has 2 atom stereocenters. The lowest BCUT2D eigenvalue weighted by Crippen LogP contribution is -2.38. The van der Waals surface area contributed by atoms with E-state index in [1.54, 1.807) is 53.7 Å². The van der Waals surface area contributed by atoms with Crippen molar-refractivity contribution < 1.29 is 28.7 Å². The Morgan fingerprint density at radius 2 is 1.41 bits per heavy atom. The molecule has 0 unspecified atom stereocenters. The van der Waals surface area contributed by atoms with Gasteiger partial charge in [-0.25, -0.2) is 9.59 Å². The van der Waals surface area contributed by atoms with Gasteiger partial charge in [-0.3, -0.25) is 9.59 Å². The SMILES string of the molecule is C.C.CC(C)(C)OC(=O)N[C@@H]1C=CC(=O)C1.CC(C)/C=C1/C(=O)C=C[C@H]1NC(=O)OC(C)(C)C. The number of alkyl carbamates (subject to hydrolysis) is 2. The van der Waals surface area contributed by atoms with Crippen molar-refractivity contribution in [2.75, 3.05) is 0 Å².